The van der Waals surface area contributed by atoms with Gasteiger partial charge in [-0.25, -0.2) is 4.79 Å². The van der Waals surface area contributed by atoms with Crippen LogP contribution in [0.15, 0.2) is 78.9 Å². The number of alkyl halides is 3. The van der Waals surface area contributed by atoms with E-state index >= 15 is 0 Å². The first-order valence-corrected chi connectivity index (χ1v) is 10.5. The topological polar surface area (TPSA) is 87.7 Å². The molecule has 3 N–H and O–H groups in total. The fourth-order valence-corrected chi connectivity index (χ4v) is 3.93. The van der Waals surface area contributed by atoms with E-state index in [9.17, 15) is 27.9 Å². The second-order valence-corrected chi connectivity index (χ2v) is 8.11. The molecule has 4 rings (SSSR count). The first kappa shape index (κ1) is 23.6. The van der Waals surface area contributed by atoms with Crippen LogP contribution in [-0.2, 0) is 0 Å². The molecule has 0 bridgehead atoms. The van der Waals surface area contributed by atoms with Crippen LogP contribution >= 0.6 is 11.6 Å². The van der Waals surface area contributed by atoms with Crippen molar-refractivity contribution in [3.63, 3.8) is 0 Å². The predicted octanol–water partition coefficient (Wildman–Crippen LogP) is 5.24. The monoisotopic (exact) mass is 490 g/mol. The number of carbonyl (C=O) groups is 2. The summed E-state index contributed by atoms with van der Waals surface area (Å²) in [7, 11) is 0. The summed E-state index contributed by atoms with van der Waals surface area (Å²) in [4.78, 5) is 25.5. The van der Waals surface area contributed by atoms with Gasteiger partial charge in [0.05, 0.1) is 6.04 Å². The largest absolute Gasteiger partial charge is 0.457 e. The zero-order chi connectivity index (χ0) is 24.5. The molecule has 0 saturated carbocycles. The number of nitrogens with one attached hydrogen (secondary N) is 2. The van der Waals surface area contributed by atoms with Crippen LogP contribution in [0.4, 0.5) is 18.0 Å². The number of hydrogen-bond acceptors (Lipinski definition) is 4. The molecule has 0 radical (unpaired) electrons. The second kappa shape index (κ2) is 9.00. The van der Waals surface area contributed by atoms with E-state index in [1.165, 1.54) is 47.8 Å². The van der Waals surface area contributed by atoms with Crippen molar-refractivity contribution in [1.29, 1.82) is 0 Å². The summed E-state index contributed by atoms with van der Waals surface area (Å²) in [5.41, 5.74) is -3.80. The molecule has 34 heavy (non-hydrogen) atoms. The Kier molecular flexibility index (Phi) is 6.24. The number of Topliss-reactive ketones (excluding diaryl/α,β-unsaturated/α-hetero) is 1. The third kappa shape index (κ3) is 4.57. The molecule has 3 unspecified atom stereocenters. The molecule has 1 saturated heterocycles. The molecule has 1 heterocycles. The molecule has 3 aromatic carbocycles. The molecular formula is C24H18ClF3N2O4. The second-order valence-electron chi connectivity index (χ2n) is 7.68. The fraction of sp³-hybridized carbons (Fsp3) is 0.167. The van der Waals surface area contributed by atoms with E-state index in [0.29, 0.717) is 5.75 Å². The van der Waals surface area contributed by atoms with Crippen LogP contribution in [0.3, 0.4) is 0 Å². The molecule has 0 aromatic heterocycles. The Hall–Kier alpha value is -3.56. The molecular weight excluding hydrogens is 473 g/mol. The highest BCUT2D eigenvalue weighted by atomic mass is 35.5. The summed E-state index contributed by atoms with van der Waals surface area (Å²) in [6.45, 7) is 0. The van der Waals surface area contributed by atoms with Crippen molar-refractivity contribution in [2.75, 3.05) is 0 Å². The van der Waals surface area contributed by atoms with Gasteiger partial charge in [0, 0.05) is 10.6 Å². The third-order valence-electron chi connectivity index (χ3n) is 5.41. The Bertz CT molecular complexity index is 1200. The SMILES string of the molecule is O=C1NC(c2cccc(Oc3ccccc3)c2)C(C(=O)c2ccc(Cl)cc2)C(O)(C(F)(F)F)N1. The summed E-state index contributed by atoms with van der Waals surface area (Å²) < 4.78 is 47.9. The van der Waals surface area contributed by atoms with Crippen molar-refractivity contribution in [3.8, 4) is 11.5 Å². The lowest BCUT2D eigenvalue weighted by atomic mass is 9.77. The maximum absolute atomic E-state index is 14.1. The Labute approximate surface area is 197 Å². The number of hydrogen-bond donors (Lipinski definition) is 3. The fourth-order valence-electron chi connectivity index (χ4n) is 3.81. The number of aliphatic hydroxyl groups is 1. The average molecular weight is 491 g/mol. The number of carbonyl (C=O) groups excluding carboxylic acids is 2. The van der Waals surface area contributed by atoms with E-state index in [1.54, 1.807) is 36.4 Å². The smallest absolute Gasteiger partial charge is 0.437 e. The molecule has 10 heteroatoms. The van der Waals surface area contributed by atoms with Crippen LogP contribution in [-0.4, -0.2) is 28.8 Å². The Morgan fingerprint density at radius 2 is 1.62 bits per heavy atom. The Balaban J connectivity index is 1.78. The first-order valence-electron chi connectivity index (χ1n) is 10.1. The number of urea groups is 1. The van der Waals surface area contributed by atoms with Crippen LogP contribution in [0, 0.1) is 5.92 Å². The van der Waals surface area contributed by atoms with E-state index < -0.39 is 35.7 Å². The Morgan fingerprint density at radius 1 is 0.971 bits per heavy atom. The zero-order valence-corrected chi connectivity index (χ0v) is 18.1. The molecule has 0 spiro atoms. The lowest BCUT2D eigenvalue weighted by Gasteiger charge is -2.45. The lowest BCUT2D eigenvalue weighted by Crippen LogP contribution is -2.72. The minimum absolute atomic E-state index is 0.114. The highest BCUT2D eigenvalue weighted by Crippen LogP contribution is 2.44. The van der Waals surface area contributed by atoms with Gasteiger partial charge in [0.1, 0.15) is 17.4 Å². The van der Waals surface area contributed by atoms with E-state index in [-0.39, 0.29) is 21.9 Å². The molecule has 2 amide bonds. The quantitative estimate of drug-likeness (QED) is 0.427. The average Bonchev–Trinajstić information content (AvgIpc) is 2.79. The molecule has 176 valence electrons. The summed E-state index contributed by atoms with van der Waals surface area (Å²) in [5.74, 6) is -2.44. The van der Waals surface area contributed by atoms with Crippen LogP contribution in [0.1, 0.15) is 22.0 Å². The van der Waals surface area contributed by atoms with E-state index in [1.807, 2.05) is 0 Å². The number of halogens is 4. The summed E-state index contributed by atoms with van der Waals surface area (Å²) in [5, 5.41) is 14.8. The van der Waals surface area contributed by atoms with Gasteiger partial charge in [0.2, 0.25) is 5.72 Å². The van der Waals surface area contributed by atoms with Gasteiger partial charge in [-0.2, -0.15) is 13.2 Å². The molecule has 1 fully saturated rings. The third-order valence-corrected chi connectivity index (χ3v) is 5.67. The van der Waals surface area contributed by atoms with Crippen LogP contribution in [0.2, 0.25) is 5.02 Å². The maximum atomic E-state index is 14.1. The predicted molar refractivity (Wildman–Crippen MR) is 118 cm³/mol. The van der Waals surface area contributed by atoms with Gasteiger partial charge in [-0.15, -0.1) is 0 Å². The number of ketones is 1. The first-order chi connectivity index (χ1) is 16.1. The van der Waals surface area contributed by atoms with Gasteiger partial charge in [-0.05, 0) is 54.1 Å². The molecule has 3 aromatic rings. The van der Waals surface area contributed by atoms with Crippen molar-refractivity contribution in [1.82, 2.24) is 10.6 Å². The summed E-state index contributed by atoms with van der Waals surface area (Å²) in [6, 6.07) is 17.0. The van der Waals surface area contributed by atoms with Crippen LogP contribution < -0.4 is 15.4 Å². The molecule has 0 aliphatic carbocycles. The molecule has 6 nitrogen and oxygen atoms in total. The lowest BCUT2D eigenvalue weighted by molar-refractivity contribution is -0.287. The highest BCUT2D eigenvalue weighted by molar-refractivity contribution is 6.30. The van der Waals surface area contributed by atoms with Gasteiger partial charge in [0.15, 0.2) is 5.78 Å². The van der Waals surface area contributed by atoms with Gasteiger partial charge in [-0.3, -0.25) is 4.79 Å². The normalized spacial score (nSPS) is 22.4. The summed E-state index contributed by atoms with van der Waals surface area (Å²) in [6.07, 6.45) is -5.35. The van der Waals surface area contributed by atoms with Gasteiger partial charge < -0.3 is 20.5 Å². The van der Waals surface area contributed by atoms with Crippen molar-refractivity contribution < 1.29 is 32.6 Å². The minimum atomic E-state index is -5.35. The molecule has 1 aliphatic rings. The number of amides is 2. The highest BCUT2D eigenvalue weighted by Gasteiger charge is 2.66. The molecule has 3 atom stereocenters. The van der Waals surface area contributed by atoms with Gasteiger partial charge in [-0.1, -0.05) is 41.9 Å². The van der Waals surface area contributed by atoms with E-state index in [2.05, 4.69) is 5.32 Å². The number of para-hydroxylation sites is 1. The van der Waals surface area contributed by atoms with Crippen molar-refractivity contribution >= 4 is 23.4 Å². The maximum Gasteiger partial charge on any atom is 0.437 e. The number of ether oxygens (including phenoxy) is 1. The Morgan fingerprint density at radius 3 is 2.26 bits per heavy atom. The minimum Gasteiger partial charge on any atom is -0.457 e. The standard InChI is InChI=1S/C24H18ClF3N2O4/c25-16-11-9-14(10-12-16)21(31)19-20(29-22(32)30-23(19,33)24(26,27)28)15-5-4-8-18(13-15)34-17-6-2-1-3-7-17/h1-13,19-20,33H,(H2,29,30,32). The van der Waals surface area contributed by atoms with Crippen molar-refractivity contribution in [2.24, 2.45) is 5.92 Å². The van der Waals surface area contributed by atoms with Gasteiger partial charge in [0.25, 0.3) is 0 Å². The van der Waals surface area contributed by atoms with E-state index in [0.717, 1.165) is 0 Å². The van der Waals surface area contributed by atoms with Crippen molar-refractivity contribution in [3.05, 3.63) is 95.0 Å². The van der Waals surface area contributed by atoms with Crippen LogP contribution in [0.5, 0.6) is 11.5 Å². The zero-order valence-electron chi connectivity index (χ0n) is 17.3. The number of rotatable bonds is 5. The van der Waals surface area contributed by atoms with Crippen molar-refractivity contribution in [2.45, 2.75) is 17.9 Å². The van der Waals surface area contributed by atoms with E-state index in [4.69, 9.17) is 16.3 Å². The van der Waals surface area contributed by atoms with Crippen LogP contribution in [0.25, 0.3) is 0 Å². The summed E-state index contributed by atoms with van der Waals surface area (Å²) >= 11 is 5.83. The van der Waals surface area contributed by atoms with Gasteiger partial charge >= 0.3 is 12.2 Å². The number of benzene rings is 3. The molecule has 1 aliphatic heterocycles.